The van der Waals surface area contributed by atoms with Crippen LogP contribution in [0.15, 0.2) is 55.1 Å². The molecule has 0 bridgehead atoms. The average molecular weight is 474 g/mol. The number of methoxy groups -OCH3 is 2. The first-order chi connectivity index (χ1) is 16.8. The van der Waals surface area contributed by atoms with Gasteiger partial charge < -0.3 is 14.4 Å². The number of ether oxygens (including phenoxy) is 2. The van der Waals surface area contributed by atoms with E-state index in [2.05, 4.69) is 29.7 Å². The van der Waals surface area contributed by atoms with Crippen LogP contribution in [0.25, 0.3) is 16.9 Å². The van der Waals surface area contributed by atoms with Crippen LogP contribution < -0.4 is 10.2 Å². The van der Waals surface area contributed by atoms with Crippen LogP contribution in [-0.4, -0.2) is 58.6 Å². The molecule has 0 aliphatic carbocycles. The fraction of sp³-hybridized carbons (Fsp3) is 0.167. The standard InChI is InChI=1S/C24H22N6O5/c1-14-9-17(29(2)22(31)16-5-7-18(25-11-16)23(32)34-3)13-30-19(12-27-21(14)30)15-6-8-20(26-10-15)28-24(33)35-4/h5-13H,1-4H3,(H,26,28,33). The van der Waals surface area contributed by atoms with Crippen LogP contribution in [0.5, 0.6) is 0 Å². The number of pyridine rings is 3. The summed E-state index contributed by atoms with van der Waals surface area (Å²) in [6.07, 6.45) is 5.87. The van der Waals surface area contributed by atoms with Gasteiger partial charge in [-0.25, -0.2) is 24.5 Å². The molecule has 0 spiro atoms. The van der Waals surface area contributed by atoms with Crippen molar-refractivity contribution in [3.8, 4) is 11.3 Å². The van der Waals surface area contributed by atoms with Gasteiger partial charge in [-0.2, -0.15) is 0 Å². The minimum atomic E-state index is -0.608. The lowest BCUT2D eigenvalue weighted by Crippen LogP contribution is -2.27. The fourth-order valence-electron chi connectivity index (χ4n) is 3.47. The lowest BCUT2D eigenvalue weighted by molar-refractivity contribution is 0.0593. The van der Waals surface area contributed by atoms with Crippen molar-refractivity contribution in [1.29, 1.82) is 0 Å². The molecule has 1 N–H and O–H groups in total. The maximum absolute atomic E-state index is 13.1. The van der Waals surface area contributed by atoms with Crippen molar-refractivity contribution in [2.24, 2.45) is 0 Å². The SMILES string of the molecule is COC(=O)Nc1ccc(-c2cnc3c(C)cc(N(C)C(=O)c4ccc(C(=O)OC)nc4)cn23)cn1. The number of amides is 2. The second-order valence-corrected chi connectivity index (χ2v) is 7.55. The normalized spacial score (nSPS) is 10.6. The Morgan fingerprint density at radius 3 is 2.40 bits per heavy atom. The molecule has 0 atom stereocenters. The molecule has 0 saturated heterocycles. The van der Waals surface area contributed by atoms with Crippen molar-refractivity contribution in [2.75, 3.05) is 31.5 Å². The van der Waals surface area contributed by atoms with Crippen molar-refractivity contribution in [2.45, 2.75) is 6.92 Å². The first kappa shape index (κ1) is 23.4. The molecule has 0 fully saturated rings. The van der Waals surface area contributed by atoms with Gasteiger partial charge in [0.05, 0.1) is 37.4 Å². The van der Waals surface area contributed by atoms with E-state index in [1.807, 2.05) is 17.4 Å². The monoisotopic (exact) mass is 474 g/mol. The van der Waals surface area contributed by atoms with Crippen LogP contribution in [0.3, 0.4) is 0 Å². The number of hydrogen-bond acceptors (Lipinski definition) is 8. The summed E-state index contributed by atoms with van der Waals surface area (Å²) in [6, 6.07) is 8.29. The maximum atomic E-state index is 13.1. The van der Waals surface area contributed by atoms with Crippen molar-refractivity contribution < 1.29 is 23.9 Å². The van der Waals surface area contributed by atoms with E-state index in [4.69, 9.17) is 0 Å². The summed E-state index contributed by atoms with van der Waals surface area (Å²) in [6.45, 7) is 1.91. The van der Waals surface area contributed by atoms with E-state index in [-0.39, 0.29) is 11.6 Å². The molecule has 0 saturated carbocycles. The van der Waals surface area contributed by atoms with E-state index in [0.29, 0.717) is 17.1 Å². The number of anilines is 2. The maximum Gasteiger partial charge on any atom is 0.412 e. The molecule has 4 heterocycles. The van der Waals surface area contributed by atoms with E-state index >= 15 is 0 Å². The highest BCUT2D eigenvalue weighted by molar-refractivity contribution is 6.06. The van der Waals surface area contributed by atoms with Gasteiger partial charge in [0.25, 0.3) is 5.91 Å². The van der Waals surface area contributed by atoms with Gasteiger partial charge in [0, 0.05) is 31.2 Å². The molecule has 11 heteroatoms. The zero-order valence-electron chi connectivity index (χ0n) is 19.5. The number of carbonyl (C=O) groups is 3. The van der Waals surface area contributed by atoms with E-state index in [1.165, 1.54) is 37.4 Å². The first-order valence-corrected chi connectivity index (χ1v) is 10.4. The summed E-state index contributed by atoms with van der Waals surface area (Å²) in [5.41, 5.74) is 4.19. The second kappa shape index (κ2) is 9.59. The average Bonchev–Trinajstić information content (AvgIpc) is 3.32. The smallest absolute Gasteiger partial charge is 0.412 e. The minimum Gasteiger partial charge on any atom is -0.464 e. The third-order valence-corrected chi connectivity index (χ3v) is 5.35. The lowest BCUT2D eigenvalue weighted by atomic mass is 10.2. The van der Waals surface area contributed by atoms with Crippen molar-refractivity contribution in [3.63, 3.8) is 0 Å². The molecule has 4 rings (SSSR count). The number of hydrogen-bond donors (Lipinski definition) is 1. The van der Waals surface area contributed by atoms with Crippen molar-refractivity contribution >= 4 is 35.1 Å². The third-order valence-electron chi connectivity index (χ3n) is 5.35. The molecular formula is C24H22N6O5. The van der Waals surface area contributed by atoms with Gasteiger partial charge in [0.15, 0.2) is 0 Å². The van der Waals surface area contributed by atoms with Crippen LogP contribution in [0.4, 0.5) is 16.3 Å². The Labute approximate surface area is 200 Å². The fourth-order valence-corrected chi connectivity index (χ4v) is 3.47. The first-order valence-electron chi connectivity index (χ1n) is 10.4. The Balaban J connectivity index is 1.64. The number of rotatable bonds is 5. The van der Waals surface area contributed by atoms with Crippen molar-refractivity contribution in [3.05, 3.63) is 71.9 Å². The molecule has 0 radical (unpaired) electrons. The number of esters is 1. The number of aromatic nitrogens is 4. The van der Waals surface area contributed by atoms with Crippen LogP contribution in [0, 0.1) is 6.92 Å². The molecule has 11 nitrogen and oxygen atoms in total. The minimum absolute atomic E-state index is 0.119. The van der Waals surface area contributed by atoms with Crippen LogP contribution in [-0.2, 0) is 9.47 Å². The number of imidazole rings is 1. The number of nitrogens with one attached hydrogen (secondary N) is 1. The van der Waals surface area contributed by atoms with E-state index < -0.39 is 12.1 Å². The second-order valence-electron chi connectivity index (χ2n) is 7.55. The van der Waals surface area contributed by atoms with Crippen LogP contribution in [0.2, 0.25) is 0 Å². The van der Waals surface area contributed by atoms with Crippen LogP contribution >= 0.6 is 0 Å². The number of nitrogens with zero attached hydrogens (tertiary/aromatic N) is 5. The molecule has 178 valence electrons. The van der Waals surface area contributed by atoms with E-state index in [0.717, 1.165) is 22.5 Å². The van der Waals surface area contributed by atoms with Crippen molar-refractivity contribution in [1.82, 2.24) is 19.4 Å². The molecule has 0 aliphatic heterocycles. The van der Waals surface area contributed by atoms with Gasteiger partial charge in [-0.15, -0.1) is 0 Å². The summed E-state index contributed by atoms with van der Waals surface area (Å²) in [7, 11) is 4.20. The summed E-state index contributed by atoms with van der Waals surface area (Å²) in [4.78, 5) is 50.3. The zero-order valence-corrected chi connectivity index (χ0v) is 19.5. The Morgan fingerprint density at radius 2 is 1.77 bits per heavy atom. The number of aryl methyl sites for hydroxylation is 1. The predicted molar refractivity (Wildman–Crippen MR) is 127 cm³/mol. The molecule has 0 aliphatic rings. The zero-order chi connectivity index (χ0) is 25.1. The predicted octanol–water partition coefficient (Wildman–Crippen LogP) is 3.34. The highest BCUT2D eigenvalue weighted by Crippen LogP contribution is 2.27. The summed E-state index contributed by atoms with van der Waals surface area (Å²) in [5.74, 6) is -0.521. The Kier molecular flexibility index (Phi) is 6.40. The Bertz CT molecular complexity index is 1410. The van der Waals surface area contributed by atoms with Gasteiger partial charge in [-0.3, -0.25) is 14.5 Å². The van der Waals surface area contributed by atoms with Gasteiger partial charge in [0.1, 0.15) is 17.2 Å². The summed E-state index contributed by atoms with van der Waals surface area (Å²) in [5, 5.41) is 2.51. The molecule has 2 amide bonds. The van der Waals surface area contributed by atoms with Crippen LogP contribution in [0.1, 0.15) is 26.4 Å². The quantitative estimate of drug-likeness (QED) is 0.436. The molecule has 0 aromatic carbocycles. The number of fused-ring (bicyclic) bond motifs is 1. The lowest BCUT2D eigenvalue weighted by Gasteiger charge is -2.19. The summed E-state index contributed by atoms with van der Waals surface area (Å²) < 4.78 is 11.1. The van der Waals surface area contributed by atoms with Gasteiger partial charge in [0.2, 0.25) is 0 Å². The summed E-state index contributed by atoms with van der Waals surface area (Å²) >= 11 is 0. The van der Waals surface area contributed by atoms with Gasteiger partial charge >= 0.3 is 12.1 Å². The molecule has 35 heavy (non-hydrogen) atoms. The Morgan fingerprint density at radius 1 is 0.971 bits per heavy atom. The van der Waals surface area contributed by atoms with Gasteiger partial charge in [-0.1, -0.05) is 0 Å². The molecular weight excluding hydrogens is 452 g/mol. The van der Waals surface area contributed by atoms with Gasteiger partial charge in [-0.05, 0) is 42.8 Å². The topological polar surface area (TPSA) is 128 Å². The highest BCUT2D eigenvalue weighted by atomic mass is 16.5. The Hall–Kier alpha value is -4.80. The molecule has 0 unspecified atom stereocenters. The molecule has 4 aromatic heterocycles. The third kappa shape index (κ3) is 4.64. The van der Waals surface area contributed by atoms with E-state index in [1.54, 1.807) is 37.8 Å². The molecule has 4 aromatic rings. The number of carbonyl (C=O) groups excluding carboxylic acids is 3. The van der Waals surface area contributed by atoms with E-state index in [9.17, 15) is 14.4 Å². The largest absolute Gasteiger partial charge is 0.464 e. The highest BCUT2D eigenvalue weighted by Gasteiger charge is 2.18.